The Morgan fingerprint density at radius 1 is 1.33 bits per heavy atom. The summed E-state index contributed by atoms with van der Waals surface area (Å²) in [6.07, 6.45) is 4.12. The number of allylic oxidation sites excluding steroid dienone is 1. The number of hydrogen-bond donors (Lipinski definition) is 2. The predicted octanol–water partition coefficient (Wildman–Crippen LogP) is 2.33. The van der Waals surface area contributed by atoms with Gasteiger partial charge in [0.1, 0.15) is 0 Å². The van der Waals surface area contributed by atoms with E-state index in [2.05, 4.69) is 19.2 Å². The van der Waals surface area contributed by atoms with Crippen LogP contribution in [0.1, 0.15) is 30.6 Å². The number of primary amides is 1. The number of hydrogen-bond acceptors (Lipinski definition) is 2. The zero-order chi connectivity index (χ0) is 13.5. The van der Waals surface area contributed by atoms with E-state index in [0.717, 1.165) is 6.42 Å². The summed E-state index contributed by atoms with van der Waals surface area (Å²) >= 11 is 0. The highest BCUT2D eigenvalue weighted by Crippen LogP contribution is 2.14. The normalized spacial score (nSPS) is 10.8. The third-order valence-corrected chi connectivity index (χ3v) is 2.33. The molecule has 0 fully saturated rings. The van der Waals surface area contributed by atoms with Crippen molar-refractivity contribution < 1.29 is 9.59 Å². The van der Waals surface area contributed by atoms with Gasteiger partial charge in [-0.15, -0.1) is 0 Å². The summed E-state index contributed by atoms with van der Waals surface area (Å²) < 4.78 is 0. The largest absolute Gasteiger partial charge is 0.366 e. The number of benzene rings is 1. The summed E-state index contributed by atoms with van der Waals surface area (Å²) in [5.74, 6) is -0.312. The van der Waals surface area contributed by atoms with Crippen molar-refractivity contribution in [1.29, 1.82) is 0 Å². The highest BCUT2D eigenvalue weighted by atomic mass is 16.2. The molecule has 0 saturated carbocycles. The highest BCUT2D eigenvalue weighted by Gasteiger charge is 2.08. The summed E-state index contributed by atoms with van der Waals surface area (Å²) in [4.78, 5) is 22.8. The van der Waals surface area contributed by atoms with Crippen LogP contribution >= 0.6 is 0 Å². The first kappa shape index (κ1) is 14.0. The Kier molecular flexibility index (Phi) is 5.11. The number of para-hydroxylation sites is 1. The maximum absolute atomic E-state index is 11.6. The van der Waals surface area contributed by atoms with E-state index in [1.54, 1.807) is 24.3 Å². The summed E-state index contributed by atoms with van der Waals surface area (Å²) in [6, 6.07) is 6.66. The fraction of sp³-hybridized carbons (Fsp3) is 0.286. The van der Waals surface area contributed by atoms with Gasteiger partial charge in [0.05, 0.1) is 11.3 Å². The Balaban J connectivity index is 2.70. The number of nitrogens with one attached hydrogen (secondary N) is 1. The fourth-order valence-electron chi connectivity index (χ4n) is 1.43. The van der Waals surface area contributed by atoms with Crippen molar-refractivity contribution in [2.75, 3.05) is 5.32 Å². The van der Waals surface area contributed by atoms with Gasteiger partial charge >= 0.3 is 0 Å². The van der Waals surface area contributed by atoms with Gasteiger partial charge in [-0.1, -0.05) is 32.1 Å². The first-order chi connectivity index (χ1) is 8.50. The Bertz CT molecular complexity index is 465. The molecule has 0 aliphatic heterocycles. The van der Waals surface area contributed by atoms with Crippen molar-refractivity contribution in [2.24, 2.45) is 11.7 Å². The highest BCUT2D eigenvalue weighted by molar-refractivity contribution is 6.05. The molecule has 0 radical (unpaired) electrons. The van der Waals surface area contributed by atoms with E-state index in [1.807, 2.05) is 6.08 Å². The molecule has 4 heteroatoms. The average Bonchev–Trinajstić information content (AvgIpc) is 2.28. The van der Waals surface area contributed by atoms with Crippen molar-refractivity contribution in [1.82, 2.24) is 0 Å². The number of amides is 2. The maximum atomic E-state index is 11.6. The van der Waals surface area contributed by atoms with Crippen LogP contribution in [0.15, 0.2) is 36.4 Å². The molecule has 4 nitrogen and oxygen atoms in total. The monoisotopic (exact) mass is 246 g/mol. The molecule has 1 aromatic rings. The number of nitrogens with two attached hydrogens (primary N) is 1. The van der Waals surface area contributed by atoms with Crippen LogP contribution in [0.5, 0.6) is 0 Å². The van der Waals surface area contributed by atoms with Crippen LogP contribution in [0.25, 0.3) is 0 Å². The first-order valence-corrected chi connectivity index (χ1v) is 5.87. The van der Waals surface area contributed by atoms with Crippen LogP contribution in [-0.4, -0.2) is 11.8 Å². The smallest absolute Gasteiger partial charge is 0.250 e. The second kappa shape index (κ2) is 6.59. The van der Waals surface area contributed by atoms with Crippen molar-refractivity contribution in [3.05, 3.63) is 42.0 Å². The maximum Gasteiger partial charge on any atom is 0.250 e. The Hall–Kier alpha value is -2.10. The quantitative estimate of drug-likeness (QED) is 0.782. The lowest BCUT2D eigenvalue weighted by atomic mass is 10.1. The van der Waals surface area contributed by atoms with Gasteiger partial charge in [-0.25, -0.2) is 0 Å². The molecule has 18 heavy (non-hydrogen) atoms. The molecule has 0 spiro atoms. The van der Waals surface area contributed by atoms with Gasteiger partial charge < -0.3 is 11.1 Å². The Labute approximate surface area is 107 Å². The van der Waals surface area contributed by atoms with Gasteiger partial charge in [-0.2, -0.15) is 0 Å². The van der Waals surface area contributed by atoms with Crippen LogP contribution in [0.3, 0.4) is 0 Å². The lowest BCUT2D eigenvalue weighted by Crippen LogP contribution is -2.16. The Morgan fingerprint density at radius 2 is 2.00 bits per heavy atom. The molecular formula is C14H18N2O2. The van der Waals surface area contributed by atoms with Gasteiger partial charge in [0, 0.05) is 0 Å². The lowest BCUT2D eigenvalue weighted by Gasteiger charge is -2.06. The van der Waals surface area contributed by atoms with Crippen molar-refractivity contribution >= 4 is 17.5 Å². The van der Waals surface area contributed by atoms with E-state index in [9.17, 15) is 9.59 Å². The van der Waals surface area contributed by atoms with Crippen LogP contribution in [0.4, 0.5) is 5.69 Å². The average molecular weight is 246 g/mol. The summed E-state index contributed by atoms with van der Waals surface area (Å²) in [5.41, 5.74) is 5.96. The molecule has 0 aliphatic carbocycles. The van der Waals surface area contributed by atoms with Gasteiger partial charge in [-0.05, 0) is 30.5 Å². The van der Waals surface area contributed by atoms with E-state index in [-0.39, 0.29) is 5.91 Å². The lowest BCUT2D eigenvalue weighted by molar-refractivity contribution is -0.111. The molecule has 2 amide bonds. The van der Waals surface area contributed by atoms with Crippen LogP contribution in [-0.2, 0) is 4.79 Å². The molecule has 1 aromatic carbocycles. The van der Waals surface area contributed by atoms with Crippen molar-refractivity contribution in [3.63, 3.8) is 0 Å². The third kappa shape index (κ3) is 4.41. The number of carbonyl (C=O) groups excluding carboxylic acids is 2. The third-order valence-electron chi connectivity index (χ3n) is 2.33. The van der Waals surface area contributed by atoms with Crippen molar-refractivity contribution in [2.45, 2.75) is 20.3 Å². The molecule has 0 unspecified atom stereocenters. The molecule has 0 saturated heterocycles. The second-order valence-corrected chi connectivity index (χ2v) is 4.43. The van der Waals surface area contributed by atoms with Crippen LogP contribution in [0, 0.1) is 5.92 Å². The van der Waals surface area contributed by atoms with E-state index in [4.69, 9.17) is 5.73 Å². The molecular weight excluding hydrogens is 228 g/mol. The van der Waals surface area contributed by atoms with E-state index in [0.29, 0.717) is 17.2 Å². The van der Waals surface area contributed by atoms with E-state index >= 15 is 0 Å². The Morgan fingerprint density at radius 3 is 2.61 bits per heavy atom. The van der Waals surface area contributed by atoms with Gasteiger partial charge in [0.2, 0.25) is 5.91 Å². The second-order valence-electron chi connectivity index (χ2n) is 4.43. The minimum absolute atomic E-state index is 0.260. The first-order valence-electron chi connectivity index (χ1n) is 5.87. The summed E-state index contributed by atoms with van der Waals surface area (Å²) in [7, 11) is 0. The number of anilines is 1. The SMILES string of the molecule is CC(C)C/C=C/C(=O)Nc1ccccc1C(N)=O. The zero-order valence-electron chi connectivity index (χ0n) is 10.6. The molecule has 0 atom stereocenters. The van der Waals surface area contributed by atoms with Gasteiger partial charge in [0.25, 0.3) is 5.91 Å². The van der Waals surface area contributed by atoms with Crippen LogP contribution < -0.4 is 11.1 Å². The molecule has 0 aromatic heterocycles. The van der Waals surface area contributed by atoms with Crippen LogP contribution in [0.2, 0.25) is 0 Å². The molecule has 96 valence electrons. The van der Waals surface area contributed by atoms with Gasteiger partial charge in [-0.3, -0.25) is 9.59 Å². The topological polar surface area (TPSA) is 72.2 Å². The molecule has 0 bridgehead atoms. The molecule has 0 aliphatic rings. The van der Waals surface area contributed by atoms with E-state index < -0.39 is 5.91 Å². The standard InChI is InChI=1S/C14H18N2O2/c1-10(2)6-5-9-13(17)16-12-8-4-3-7-11(12)14(15)18/h3-5,7-10H,6H2,1-2H3,(H2,15,18)(H,16,17)/b9-5+. The number of rotatable bonds is 5. The predicted molar refractivity (Wildman–Crippen MR) is 72.2 cm³/mol. The molecule has 0 heterocycles. The molecule has 3 N–H and O–H groups in total. The van der Waals surface area contributed by atoms with Gasteiger partial charge in [0.15, 0.2) is 0 Å². The fourth-order valence-corrected chi connectivity index (χ4v) is 1.43. The van der Waals surface area contributed by atoms with E-state index in [1.165, 1.54) is 6.08 Å². The minimum atomic E-state index is -0.558. The summed E-state index contributed by atoms with van der Waals surface area (Å²) in [5, 5.41) is 2.64. The molecule has 1 rings (SSSR count). The summed E-state index contributed by atoms with van der Waals surface area (Å²) in [6.45, 7) is 4.15. The number of carbonyl (C=O) groups is 2. The minimum Gasteiger partial charge on any atom is -0.366 e. The zero-order valence-corrected chi connectivity index (χ0v) is 10.6. The van der Waals surface area contributed by atoms with Crippen molar-refractivity contribution in [3.8, 4) is 0 Å².